The third-order valence-corrected chi connectivity index (χ3v) is 6.47. The molecule has 0 bridgehead atoms. The van der Waals surface area contributed by atoms with Gasteiger partial charge in [-0.25, -0.2) is 22.8 Å². The molecular weight excluding hydrogens is 556 g/mol. The van der Waals surface area contributed by atoms with Crippen molar-refractivity contribution in [2.75, 3.05) is 26.3 Å². The molecule has 0 radical (unpaired) electrons. The number of alkyl halides is 1. The van der Waals surface area contributed by atoms with E-state index in [2.05, 4.69) is 5.32 Å². The van der Waals surface area contributed by atoms with Gasteiger partial charge in [-0.05, 0) is 18.1 Å². The Morgan fingerprint density at radius 3 is 2.44 bits per heavy atom. The van der Waals surface area contributed by atoms with Crippen molar-refractivity contribution in [3.8, 4) is 11.5 Å². The van der Waals surface area contributed by atoms with Crippen LogP contribution in [0.2, 0.25) is 0 Å². The molecule has 0 aromatic heterocycles. The number of piperazine rings is 1. The number of nitrogens with zero attached hydrogens (tertiary/aromatic N) is 2. The zero-order chi connectivity index (χ0) is 30.0. The lowest BCUT2D eigenvalue weighted by atomic mass is 9.72. The number of aromatic carboxylic acids is 1. The van der Waals surface area contributed by atoms with Crippen molar-refractivity contribution in [2.24, 2.45) is 0 Å². The Kier molecular flexibility index (Phi) is 8.37. The molecule has 0 unspecified atom stereocenters. The second-order valence-electron chi connectivity index (χ2n) is 9.07. The zero-order valence-corrected chi connectivity index (χ0v) is 21.0. The van der Waals surface area contributed by atoms with Gasteiger partial charge in [-0.1, -0.05) is 12.1 Å². The van der Waals surface area contributed by atoms with E-state index in [1.165, 1.54) is 18.2 Å². The molecule has 41 heavy (non-hydrogen) atoms. The van der Waals surface area contributed by atoms with Crippen LogP contribution in [0.15, 0.2) is 30.3 Å². The van der Waals surface area contributed by atoms with Crippen molar-refractivity contribution in [3.05, 3.63) is 58.7 Å². The van der Waals surface area contributed by atoms with E-state index in [1.807, 2.05) is 5.32 Å². The highest BCUT2D eigenvalue weighted by Crippen LogP contribution is 2.31. The number of benzene rings is 2. The topological polar surface area (TPSA) is 186 Å². The number of rotatable bonds is 7. The van der Waals surface area contributed by atoms with E-state index in [-0.39, 0.29) is 29.8 Å². The number of para-hydroxylation sites is 1. The summed E-state index contributed by atoms with van der Waals surface area (Å²) in [6, 6.07) is 1.46. The number of nitrogens with one attached hydrogen (secondary N) is 2. The minimum Gasteiger partial charge on any atom is -0.534 e. The Labute approximate surface area is 229 Å². The second-order valence-corrected chi connectivity index (χ2v) is 9.07. The van der Waals surface area contributed by atoms with E-state index in [0.717, 1.165) is 4.90 Å². The van der Waals surface area contributed by atoms with Crippen LogP contribution in [0, 0.1) is 11.6 Å². The number of carbonyl (C=O) groups excluding carboxylic acids is 4. The zero-order valence-electron chi connectivity index (χ0n) is 21.0. The Balaban J connectivity index is 1.60. The van der Waals surface area contributed by atoms with Gasteiger partial charge >= 0.3 is 30.9 Å². The number of imide groups is 1. The van der Waals surface area contributed by atoms with Gasteiger partial charge < -0.3 is 35.4 Å². The van der Waals surface area contributed by atoms with Crippen LogP contribution in [0.25, 0.3) is 0 Å². The van der Waals surface area contributed by atoms with Gasteiger partial charge in [0.25, 0.3) is 0 Å². The monoisotopic (exact) mass is 578 g/mol. The molecule has 1 fully saturated rings. The molecule has 0 spiro atoms. The van der Waals surface area contributed by atoms with Gasteiger partial charge in [0.15, 0.2) is 0 Å². The summed E-state index contributed by atoms with van der Waals surface area (Å²) in [5, 5.41) is 33.6. The second kappa shape index (κ2) is 11.8. The summed E-state index contributed by atoms with van der Waals surface area (Å²) >= 11 is 0. The standard InChI is InChI=1S/C24H22BF3N4O9/c26-4-5-31-6-7-32(22(36)21(31)35)24(39)30-18(17-14(27)9-12(33)10-15(17)28)20(34)29-16-8-11-2-1-3-13(23(37)38)19(11)41-25(16)40/h1-3,9-10,16,18,33,40H,4-8H2,(H,29,34)(H,30,39)(H,37,38)/t16-,18+/m0/s1. The van der Waals surface area contributed by atoms with Crippen molar-refractivity contribution in [3.63, 3.8) is 0 Å². The number of carboxylic acids is 1. The van der Waals surface area contributed by atoms with Crippen LogP contribution in [-0.2, 0) is 20.8 Å². The summed E-state index contributed by atoms with van der Waals surface area (Å²) in [7, 11) is -1.82. The highest BCUT2D eigenvalue weighted by Gasteiger charge is 2.42. The predicted molar refractivity (Wildman–Crippen MR) is 131 cm³/mol. The average molecular weight is 578 g/mol. The molecule has 2 aliphatic rings. The smallest absolute Gasteiger partial charge is 0.534 e. The molecule has 4 rings (SSSR count). The number of hydrogen-bond acceptors (Lipinski definition) is 8. The third-order valence-electron chi connectivity index (χ3n) is 6.47. The first-order valence-electron chi connectivity index (χ1n) is 12.1. The number of carbonyl (C=O) groups is 5. The molecule has 1 saturated heterocycles. The Bertz CT molecular complexity index is 1410. The van der Waals surface area contributed by atoms with Crippen molar-refractivity contribution in [1.82, 2.24) is 20.4 Å². The molecule has 13 nitrogen and oxygen atoms in total. The first-order chi connectivity index (χ1) is 19.4. The lowest BCUT2D eigenvalue weighted by Crippen LogP contribution is -2.60. The fraction of sp³-hybridized carbons (Fsp3) is 0.292. The minimum absolute atomic E-state index is 0.145. The van der Waals surface area contributed by atoms with Gasteiger partial charge in [-0.15, -0.1) is 0 Å². The van der Waals surface area contributed by atoms with Gasteiger partial charge in [0.1, 0.15) is 35.8 Å². The maximum atomic E-state index is 14.8. The van der Waals surface area contributed by atoms with Crippen LogP contribution >= 0.6 is 0 Å². The first kappa shape index (κ1) is 29.2. The normalized spacial score (nSPS) is 17.5. The maximum Gasteiger partial charge on any atom is 0.547 e. The number of fused-ring (bicyclic) bond motifs is 1. The Morgan fingerprint density at radius 2 is 1.80 bits per heavy atom. The predicted octanol–water partition coefficient (Wildman–Crippen LogP) is -0.101. The highest BCUT2D eigenvalue weighted by atomic mass is 19.1. The maximum absolute atomic E-state index is 14.8. The lowest BCUT2D eigenvalue weighted by molar-refractivity contribution is -0.153. The van der Waals surface area contributed by atoms with Crippen LogP contribution in [0.5, 0.6) is 11.5 Å². The molecule has 5 N–H and O–H groups in total. The molecule has 2 atom stereocenters. The van der Waals surface area contributed by atoms with Crippen molar-refractivity contribution in [1.29, 1.82) is 0 Å². The molecule has 17 heteroatoms. The summed E-state index contributed by atoms with van der Waals surface area (Å²) in [4.78, 5) is 63.7. The quantitative estimate of drug-likeness (QED) is 0.221. The van der Waals surface area contributed by atoms with E-state index in [0.29, 0.717) is 17.0 Å². The number of carboxylic acid groups (broad SMARTS) is 1. The van der Waals surface area contributed by atoms with Gasteiger partial charge in [-0.2, -0.15) is 0 Å². The lowest BCUT2D eigenvalue weighted by Gasteiger charge is -2.33. The summed E-state index contributed by atoms with van der Waals surface area (Å²) in [5.41, 5.74) is -1.02. The Morgan fingerprint density at radius 1 is 1.12 bits per heavy atom. The van der Waals surface area contributed by atoms with E-state index in [1.54, 1.807) is 0 Å². The fourth-order valence-electron chi connectivity index (χ4n) is 4.48. The number of phenolic OH excluding ortho intramolecular Hbond substituents is 1. The molecular formula is C24H22BF3N4O9. The van der Waals surface area contributed by atoms with Crippen LogP contribution < -0.4 is 15.3 Å². The number of amides is 5. The first-order valence-corrected chi connectivity index (χ1v) is 12.1. The average Bonchev–Trinajstić information content (AvgIpc) is 2.90. The number of halogens is 3. The summed E-state index contributed by atoms with van der Waals surface area (Å²) < 4.78 is 47.6. The molecule has 2 aliphatic heterocycles. The van der Waals surface area contributed by atoms with Gasteiger partial charge in [0.05, 0.1) is 17.1 Å². The fourth-order valence-corrected chi connectivity index (χ4v) is 4.48. The number of hydrogen-bond donors (Lipinski definition) is 5. The number of aromatic hydroxyl groups is 1. The van der Waals surface area contributed by atoms with Crippen molar-refractivity contribution < 1.29 is 57.0 Å². The molecule has 2 aromatic rings. The molecule has 0 aliphatic carbocycles. The van der Waals surface area contributed by atoms with Gasteiger partial charge in [-0.3, -0.25) is 19.3 Å². The summed E-state index contributed by atoms with van der Waals surface area (Å²) in [6.07, 6.45) is -0.186. The van der Waals surface area contributed by atoms with Gasteiger partial charge in [0, 0.05) is 31.8 Å². The molecule has 5 amide bonds. The molecule has 2 heterocycles. The van der Waals surface area contributed by atoms with Crippen molar-refractivity contribution in [2.45, 2.75) is 18.4 Å². The third kappa shape index (κ3) is 5.89. The van der Waals surface area contributed by atoms with Crippen LogP contribution in [0.3, 0.4) is 0 Å². The minimum atomic E-state index is -2.20. The van der Waals surface area contributed by atoms with Crippen LogP contribution in [0.1, 0.15) is 27.5 Å². The van der Waals surface area contributed by atoms with Crippen LogP contribution in [-0.4, -0.2) is 94.1 Å². The van der Waals surface area contributed by atoms with E-state index in [4.69, 9.17) is 4.65 Å². The molecule has 2 aromatic carbocycles. The number of urea groups is 1. The van der Waals surface area contributed by atoms with E-state index in [9.17, 15) is 52.4 Å². The summed E-state index contributed by atoms with van der Waals surface area (Å²) in [6.45, 7) is -1.98. The largest absolute Gasteiger partial charge is 0.547 e. The number of phenols is 1. The highest BCUT2D eigenvalue weighted by molar-refractivity contribution is 6.47. The van der Waals surface area contributed by atoms with E-state index < -0.39 is 91.5 Å². The SMILES string of the molecule is O=C(O)c1cccc2c1OB(O)[C@@H](NC(=O)[C@H](NC(=O)N1CCN(CCF)C(=O)C1=O)c1c(F)cc(O)cc1F)C2. The molecule has 216 valence electrons. The summed E-state index contributed by atoms with van der Waals surface area (Å²) in [5.74, 6) is -10.4. The molecule has 0 saturated carbocycles. The van der Waals surface area contributed by atoms with Crippen molar-refractivity contribution >= 4 is 36.8 Å². The Hall–Kier alpha value is -4.80. The van der Waals surface area contributed by atoms with Crippen LogP contribution in [0.4, 0.5) is 18.0 Å². The van der Waals surface area contributed by atoms with E-state index >= 15 is 0 Å². The van der Waals surface area contributed by atoms with Gasteiger partial charge in [0.2, 0.25) is 5.91 Å².